The molecule has 0 spiro atoms. The molecule has 0 amide bonds. The fourth-order valence-electron chi connectivity index (χ4n) is 3.63. The molecule has 1 heterocycles. The van der Waals surface area contributed by atoms with Gasteiger partial charge in [0.1, 0.15) is 0 Å². The highest BCUT2D eigenvalue weighted by atomic mass is 32.2. The van der Waals surface area contributed by atoms with Gasteiger partial charge in [0.05, 0.1) is 6.04 Å². The van der Waals surface area contributed by atoms with Crippen molar-refractivity contribution in [3.8, 4) is 0 Å². The van der Waals surface area contributed by atoms with Crippen molar-refractivity contribution in [2.24, 2.45) is 11.7 Å². The van der Waals surface area contributed by atoms with Crippen LogP contribution in [0.1, 0.15) is 46.0 Å². The lowest BCUT2D eigenvalue weighted by Crippen LogP contribution is -2.66. The van der Waals surface area contributed by atoms with Gasteiger partial charge in [0, 0.05) is 30.9 Å². The third kappa shape index (κ3) is 8.03. The number of hydrogen-bond acceptors (Lipinski definition) is 8. The van der Waals surface area contributed by atoms with E-state index >= 15 is 0 Å². The van der Waals surface area contributed by atoms with Crippen molar-refractivity contribution in [1.29, 1.82) is 0 Å². The molecular weight excluding hydrogens is 408 g/mol. The number of carbonyl (C=O) groups excluding carboxylic acids is 1. The zero-order valence-electron chi connectivity index (χ0n) is 18.1. The quantitative estimate of drug-likeness (QED) is 0.163. The number of thioether (sulfide) groups is 1. The molecule has 0 saturated carbocycles. The van der Waals surface area contributed by atoms with Gasteiger partial charge in [-0.3, -0.25) is 10.1 Å². The van der Waals surface area contributed by atoms with Crippen molar-refractivity contribution < 1.29 is 14.7 Å². The van der Waals surface area contributed by atoms with Crippen LogP contribution in [0.4, 0.5) is 0 Å². The van der Waals surface area contributed by atoms with Crippen LogP contribution in [0.2, 0.25) is 0 Å². The molecule has 1 aliphatic heterocycles. The molecule has 1 aliphatic rings. The second-order valence-corrected chi connectivity index (χ2v) is 9.39. The van der Waals surface area contributed by atoms with Gasteiger partial charge in [-0.25, -0.2) is 4.79 Å². The van der Waals surface area contributed by atoms with E-state index in [0.717, 1.165) is 25.8 Å². The van der Waals surface area contributed by atoms with Crippen molar-refractivity contribution in [1.82, 2.24) is 16.0 Å². The van der Waals surface area contributed by atoms with Crippen molar-refractivity contribution in [2.45, 2.75) is 69.6 Å². The van der Waals surface area contributed by atoms with Crippen LogP contribution in [0.5, 0.6) is 0 Å². The molecule has 7 nitrogen and oxygen atoms in total. The maximum atomic E-state index is 13.4. The van der Waals surface area contributed by atoms with Gasteiger partial charge in [-0.15, -0.1) is 0 Å². The number of nitrogens with one attached hydrogen (secondary N) is 3. The largest absolute Gasteiger partial charge is 0.480 e. The number of carboxylic acids is 1. The molecule has 0 radical (unpaired) electrons. The van der Waals surface area contributed by atoms with Crippen LogP contribution in [-0.2, 0) is 9.59 Å². The fraction of sp³-hybridized carbons (Fsp3) is 0.900. The number of aliphatic carboxylic acids is 1. The number of nitrogens with two attached hydrogens (primary N) is 1. The summed E-state index contributed by atoms with van der Waals surface area (Å²) in [5.74, 6) is 0.160. The summed E-state index contributed by atoms with van der Waals surface area (Å²) in [5, 5.41) is 20.0. The maximum Gasteiger partial charge on any atom is 0.331 e. The molecule has 0 aromatic carbocycles. The van der Waals surface area contributed by atoms with E-state index in [-0.39, 0.29) is 24.3 Å². The molecule has 5 atom stereocenters. The van der Waals surface area contributed by atoms with Crippen LogP contribution in [0, 0.1) is 5.92 Å². The molecule has 2 unspecified atom stereocenters. The van der Waals surface area contributed by atoms with E-state index in [9.17, 15) is 14.7 Å². The predicted molar refractivity (Wildman–Crippen MR) is 125 cm³/mol. The molecule has 1 fully saturated rings. The molecule has 9 heteroatoms. The SMILES string of the molecule is CCC(C)[C@@H](CN[C@](CCSC)(C(=O)O)C(=O)C1CCCCN1)NC[C@@H](N)CS. The Morgan fingerprint density at radius 3 is 2.62 bits per heavy atom. The maximum absolute atomic E-state index is 13.4. The average Bonchev–Trinajstić information content (AvgIpc) is 2.74. The number of carboxylic acid groups (broad SMARTS) is 1. The zero-order chi connectivity index (χ0) is 21.9. The van der Waals surface area contributed by atoms with Crippen LogP contribution >= 0.6 is 24.4 Å². The predicted octanol–water partition coefficient (Wildman–Crippen LogP) is 1.13. The van der Waals surface area contributed by atoms with Gasteiger partial charge in [0.2, 0.25) is 0 Å². The lowest BCUT2D eigenvalue weighted by molar-refractivity contribution is -0.151. The number of Topliss-reactive ketones (excluding diaryl/α,β-unsaturated/α-hetero) is 1. The first kappa shape index (κ1) is 26.7. The van der Waals surface area contributed by atoms with Gasteiger partial charge in [-0.05, 0) is 43.7 Å². The van der Waals surface area contributed by atoms with E-state index in [4.69, 9.17) is 5.73 Å². The van der Waals surface area contributed by atoms with Crippen LogP contribution in [0.25, 0.3) is 0 Å². The lowest BCUT2D eigenvalue weighted by atomic mass is 9.83. The van der Waals surface area contributed by atoms with Crippen LogP contribution in [0.15, 0.2) is 0 Å². The summed E-state index contributed by atoms with van der Waals surface area (Å²) in [7, 11) is 0. The molecule has 1 saturated heterocycles. The van der Waals surface area contributed by atoms with Crippen LogP contribution < -0.4 is 21.7 Å². The molecule has 0 bridgehead atoms. The Labute approximate surface area is 185 Å². The second kappa shape index (κ2) is 13.9. The Bertz CT molecular complexity index is 506. The molecule has 0 aliphatic carbocycles. The summed E-state index contributed by atoms with van der Waals surface area (Å²) < 4.78 is 0. The first-order chi connectivity index (χ1) is 13.8. The summed E-state index contributed by atoms with van der Waals surface area (Å²) in [6, 6.07) is -0.452. The summed E-state index contributed by atoms with van der Waals surface area (Å²) >= 11 is 5.78. The van der Waals surface area contributed by atoms with E-state index < -0.39 is 17.6 Å². The minimum absolute atomic E-state index is 0.0195. The summed E-state index contributed by atoms with van der Waals surface area (Å²) in [6.07, 6.45) is 5.80. The Morgan fingerprint density at radius 2 is 2.10 bits per heavy atom. The zero-order valence-corrected chi connectivity index (χ0v) is 19.8. The Balaban J connectivity index is 3.00. The third-order valence-corrected chi connectivity index (χ3v) is 7.01. The van der Waals surface area contributed by atoms with Gasteiger partial charge in [0.25, 0.3) is 0 Å². The Hall–Kier alpha value is -0.320. The van der Waals surface area contributed by atoms with Gasteiger partial charge < -0.3 is 21.5 Å². The normalized spacial score (nSPS) is 22.4. The highest BCUT2D eigenvalue weighted by Gasteiger charge is 2.48. The molecule has 170 valence electrons. The van der Waals surface area contributed by atoms with Crippen LogP contribution in [-0.4, -0.2) is 77.9 Å². The third-order valence-electron chi connectivity index (χ3n) is 5.93. The smallest absolute Gasteiger partial charge is 0.331 e. The lowest BCUT2D eigenvalue weighted by Gasteiger charge is -2.36. The van der Waals surface area contributed by atoms with Gasteiger partial charge in [-0.2, -0.15) is 24.4 Å². The average molecular weight is 449 g/mol. The Morgan fingerprint density at radius 1 is 1.38 bits per heavy atom. The first-order valence-corrected chi connectivity index (χ1v) is 12.7. The fourth-order valence-corrected chi connectivity index (χ4v) is 4.26. The van der Waals surface area contributed by atoms with Gasteiger partial charge in [0.15, 0.2) is 11.3 Å². The minimum atomic E-state index is -1.57. The molecular formula is C20H40N4O3S2. The number of ketones is 1. The standard InChI is InChI=1S/C20H40N4O3S2/c1-4-14(2)17(23-11-15(21)13-28)12-24-20(19(26)27,8-10-29-3)18(25)16-7-5-6-9-22-16/h14-17,22-24,28H,4-13,21H2,1-3H3,(H,26,27)/t14?,15-,16?,17-,20+/m1/s1. The second-order valence-electron chi connectivity index (χ2n) is 8.04. The highest BCUT2D eigenvalue weighted by molar-refractivity contribution is 7.98. The number of hydrogen-bond donors (Lipinski definition) is 6. The Kier molecular flexibility index (Phi) is 12.8. The molecule has 0 aromatic rings. The molecule has 6 N–H and O–H groups in total. The number of piperidine rings is 1. The van der Waals surface area contributed by atoms with E-state index in [1.54, 1.807) is 11.8 Å². The molecule has 1 rings (SSSR count). The van der Waals surface area contributed by atoms with Crippen molar-refractivity contribution in [2.75, 3.05) is 37.4 Å². The molecule has 29 heavy (non-hydrogen) atoms. The van der Waals surface area contributed by atoms with E-state index in [0.29, 0.717) is 36.9 Å². The first-order valence-electron chi connectivity index (χ1n) is 10.7. The monoisotopic (exact) mass is 448 g/mol. The van der Waals surface area contributed by atoms with Gasteiger partial charge in [-0.1, -0.05) is 26.7 Å². The summed E-state index contributed by atoms with van der Waals surface area (Å²) in [4.78, 5) is 25.8. The number of carbonyl (C=O) groups is 2. The topological polar surface area (TPSA) is 116 Å². The van der Waals surface area contributed by atoms with Crippen LogP contribution in [0.3, 0.4) is 0 Å². The van der Waals surface area contributed by atoms with Crippen molar-refractivity contribution >= 4 is 36.1 Å². The van der Waals surface area contributed by atoms with E-state index in [2.05, 4.69) is 42.4 Å². The molecule has 0 aromatic heterocycles. The van der Waals surface area contributed by atoms with Crippen molar-refractivity contribution in [3.05, 3.63) is 0 Å². The van der Waals surface area contributed by atoms with E-state index in [1.165, 1.54) is 0 Å². The van der Waals surface area contributed by atoms with Gasteiger partial charge >= 0.3 is 5.97 Å². The number of thiol groups is 1. The summed E-state index contributed by atoms with van der Waals surface area (Å²) in [5.41, 5.74) is 4.41. The van der Waals surface area contributed by atoms with E-state index in [1.807, 2.05) is 6.26 Å². The highest BCUT2D eigenvalue weighted by Crippen LogP contribution is 2.22. The summed E-state index contributed by atoms with van der Waals surface area (Å²) in [6.45, 7) is 5.98. The van der Waals surface area contributed by atoms with Crippen molar-refractivity contribution in [3.63, 3.8) is 0 Å². The minimum Gasteiger partial charge on any atom is -0.480 e. The number of rotatable bonds is 15.